The Morgan fingerprint density at radius 2 is 1.06 bits per heavy atom. The third-order valence-electron chi connectivity index (χ3n) is 9.78. The Labute approximate surface area is 303 Å². The second kappa shape index (κ2) is 15.5. The van der Waals surface area contributed by atoms with Crippen molar-refractivity contribution in [3.05, 3.63) is 90.4 Å². The first-order valence-electron chi connectivity index (χ1n) is 18.6. The summed E-state index contributed by atoms with van der Waals surface area (Å²) in [6.07, 6.45) is 4.57. The molecule has 0 saturated heterocycles. The molecule has 0 aromatic carbocycles. The Bertz CT molecular complexity index is 2080. The van der Waals surface area contributed by atoms with E-state index in [9.17, 15) is 14.4 Å². The molecule has 0 amide bonds. The lowest BCUT2D eigenvalue weighted by Gasteiger charge is -2.25. The van der Waals surface area contributed by atoms with Crippen molar-refractivity contribution in [2.45, 2.75) is 147 Å². The van der Waals surface area contributed by atoms with Crippen LogP contribution in [0.3, 0.4) is 0 Å². The average molecular weight is 700 g/mol. The molecule has 6 rings (SSSR count). The van der Waals surface area contributed by atoms with Crippen LogP contribution in [0.25, 0.3) is 21.8 Å². The van der Waals surface area contributed by atoms with Gasteiger partial charge in [-0.3, -0.25) is 19.1 Å². The number of hydrogen-bond donors (Lipinski definition) is 0. The summed E-state index contributed by atoms with van der Waals surface area (Å²) in [6.45, 7) is 32.0. The number of nitrogens with zero attached hydrogens (tertiary/aromatic N) is 7. The minimum Gasteiger partial charge on any atom is -0.368 e. The third-order valence-corrected chi connectivity index (χ3v) is 9.78. The largest absolute Gasteiger partial charge is 0.368 e. The molecule has 6 heterocycles. The van der Waals surface area contributed by atoms with Gasteiger partial charge in [-0.15, -0.1) is 0 Å². The molecule has 278 valence electrons. The maximum atomic E-state index is 12.4. The predicted molar refractivity (Wildman–Crippen MR) is 213 cm³/mol. The molecule has 1 aliphatic rings. The van der Waals surface area contributed by atoms with E-state index < -0.39 is 0 Å². The lowest BCUT2D eigenvalue weighted by molar-refractivity contribution is 0.547. The highest BCUT2D eigenvalue weighted by Crippen LogP contribution is 2.29. The molecule has 10 nitrogen and oxygen atoms in total. The monoisotopic (exact) mass is 699 g/mol. The molecule has 1 aliphatic heterocycles. The summed E-state index contributed by atoms with van der Waals surface area (Å²) in [7, 11) is 0. The lowest BCUT2D eigenvalue weighted by atomic mass is 10.1. The van der Waals surface area contributed by atoms with E-state index in [2.05, 4.69) is 82.1 Å². The van der Waals surface area contributed by atoms with Gasteiger partial charge in [0, 0.05) is 77.3 Å². The van der Waals surface area contributed by atoms with Crippen LogP contribution in [-0.4, -0.2) is 40.6 Å². The van der Waals surface area contributed by atoms with Crippen molar-refractivity contribution < 1.29 is 0 Å². The fourth-order valence-electron chi connectivity index (χ4n) is 7.52. The maximum Gasteiger partial charge on any atom is 0.262 e. The molecule has 0 atom stereocenters. The van der Waals surface area contributed by atoms with E-state index in [1.807, 2.05) is 85.2 Å². The van der Waals surface area contributed by atoms with Crippen molar-refractivity contribution in [3.63, 3.8) is 0 Å². The van der Waals surface area contributed by atoms with Crippen molar-refractivity contribution in [1.29, 1.82) is 0 Å². The van der Waals surface area contributed by atoms with Gasteiger partial charge in [0.05, 0.1) is 28.0 Å². The van der Waals surface area contributed by atoms with E-state index >= 15 is 0 Å². The Balaban J connectivity index is 0.000000172. The molecule has 0 aliphatic carbocycles. The molecular formula is C41H61N7O3. The highest BCUT2D eigenvalue weighted by molar-refractivity contribution is 5.80. The molecule has 0 spiro atoms. The van der Waals surface area contributed by atoms with Crippen molar-refractivity contribution in [1.82, 2.24) is 28.0 Å². The van der Waals surface area contributed by atoms with E-state index in [1.54, 1.807) is 6.20 Å². The van der Waals surface area contributed by atoms with Crippen molar-refractivity contribution in [2.24, 2.45) is 0 Å². The zero-order valence-electron chi connectivity index (χ0n) is 33.7. The first kappa shape index (κ1) is 39.4. The molecule has 51 heavy (non-hydrogen) atoms. The van der Waals surface area contributed by atoms with Crippen LogP contribution in [0.1, 0.15) is 136 Å². The summed E-state index contributed by atoms with van der Waals surface area (Å²) >= 11 is 0. The van der Waals surface area contributed by atoms with Crippen LogP contribution in [0.2, 0.25) is 0 Å². The molecular weight excluding hydrogens is 638 g/mol. The maximum absolute atomic E-state index is 12.4. The second-order valence-corrected chi connectivity index (χ2v) is 15.7. The highest BCUT2D eigenvalue weighted by Gasteiger charge is 2.26. The van der Waals surface area contributed by atoms with E-state index in [-0.39, 0.29) is 40.8 Å². The minimum absolute atomic E-state index is 0.0573. The van der Waals surface area contributed by atoms with Gasteiger partial charge >= 0.3 is 0 Å². The highest BCUT2D eigenvalue weighted by atomic mass is 16.1. The van der Waals surface area contributed by atoms with Gasteiger partial charge in [-0.25, -0.2) is 0 Å². The topological polar surface area (TPSA) is 92.0 Å². The lowest BCUT2D eigenvalue weighted by Crippen LogP contribution is -2.30. The second-order valence-electron chi connectivity index (χ2n) is 15.7. The summed E-state index contributed by atoms with van der Waals surface area (Å²) in [5.74, 6) is 0. The van der Waals surface area contributed by atoms with Gasteiger partial charge in [-0.2, -0.15) is 5.10 Å². The van der Waals surface area contributed by atoms with Crippen LogP contribution in [0, 0.1) is 20.8 Å². The van der Waals surface area contributed by atoms with Gasteiger partial charge in [-0.1, -0.05) is 0 Å². The first-order valence-corrected chi connectivity index (χ1v) is 18.6. The van der Waals surface area contributed by atoms with Gasteiger partial charge in [0.1, 0.15) is 0 Å². The molecule has 0 N–H and O–H groups in total. The van der Waals surface area contributed by atoms with E-state index in [1.165, 1.54) is 0 Å². The van der Waals surface area contributed by atoms with E-state index in [0.29, 0.717) is 17.5 Å². The van der Waals surface area contributed by atoms with Gasteiger partial charge < -0.3 is 23.2 Å². The number of pyridine rings is 3. The van der Waals surface area contributed by atoms with Crippen LogP contribution in [0.4, 0.5) is 5.69 Å². The quantitative estimate of drug-likeness (QED) is 0.177. The molecule has 5 aromatic rings. The molecule has 0 saturated carbocycles. The first-order chi connectivity index (χ1) is 23.8. The molecule has 0 bridgehead atoms. The molecule has 0 fully saturated rings. The van der Waals surface area contributed by atoms with Crippen molar-refractivity contribution >= 4 is 27.5 Å². The summed E-state index contributed by atoms with van der Waals surface area (Å²) in [6, 6.07) is 9.97. The summed E-state index contributed by atoms with van der Waals surface area (Å²) in [4.78, 5) is 39.5. The number of rotatable bonds is 6. The molecule has 10 heteroatoms. The fourth-order valence-corrected chi connectivity index (χ4v) is 7.52. The average Bonchev–Trinajstić information content (AvgIpc) is 3.74. The number of hydrogen-bond acceptors (Lipinski definition) is 5. The number of anilines is 1. The van der Waals surface area contributed by atoms with Gasteiger partial charge in [-0.05, 0) is 135 Å². The zero-order valence-corrected chi connectivity index (χ0v) is 33.7. The van der Waals surface area contributed by atoms with Crippen LogP contribution in [-0.2, 0) is 6.42 Å². The van der Waals surface area contributed by atoms with Crippen molar-refractivity contribution in [2.75, 3.05) is 11.4 Å². The molecule has 0 unspecified atom stereocenters. The normalized spacial score (nSPS) is 12.9. The van der Waals surface area contributed by atoms with E-state index in [0.717, 1.165) is 57.7 Å². The van der Waals surface area contributed by atoms with Gasteiger partial charge in [0.2, 0.25) is 0 Å². The fraction of sp³-hybridized carbons (Fsp3) is 0.561. The SMILES string of the molecule is Cc1cc2c(c(=O)n1C(C)C)CCN2C(C)C.Cc1cc2c(ccn2C(C)C)c(=O)n1C(C)C.Cc1cc2c(cnn2C(C)C)c(=O)n1C(C)C. The number of aromatic nitrogens is 6. The van der Waals surface area contributed by atoms with E-state index in [4.69, 9.17) is 0 Å². The van der Waals surface area contributed by atoms with Crippen LogP contribution >= 0.6 is 0 Å². The smallest absolute Gasteiger partial charge is 0.262 e. The summed E-state index contributed by atoms with van der Waals surface area (Å²) in [5.41, 5.74) is 7.58. The Morgan fingerprint density at radius 1 is 0.569 bits per heavy atom. The Morgan fingerprint density at radius 3 is 1.55 bits per heavy atom. The number of aryl methyl sites for hydroxylation is 3. The standard InChI is InChI=1S/C14H22N2O.C14H20N2O.C13H19N3O/c2*1-9(2)15-7-6-12-13(15)8-11(5)16(10(3)4)14(12)17;1-8(2)15-10(5)6-12-11(13(15)17)7-14-16(12)9(3)4/h8-10H,6-7H2,1-5H3;6-10H,1-5H3;6-9H,1-5H3. The Kier molecular flexibility index (Phi) is 12.0. The van der Waals surface area contributed by atoms with Gasteiger partial charge in [0.15, 0.2) is 0 Å². The zero-order chi connectivity index (χ0) is 38.2. The minimum atomic E-state index is 0.0573. The summed E-state index contributed by atoms with van der Waals surface area (Å²) < 4.78 is 9.62. The molecule has 0 radical (unpaired) electrons. The predicted octanol–water partition coefficient (Wildman–Crippen LogP) is 8.45. The van der Waals surface area contributed by atoms with Crippen molar-refractivity contribution in [3.8, 4) is 0 Å². The van der Waals surface area contributed by atoms with Crippen LogP contribution < -0.4 is 21.6 Å². The third kappa shape index (κ3) is 7.65. The molecule has 5 aromatic heterocycles. The summed E-state index contributed by atoms with van der Waals surface area (Å²) in [5, 5.41) is 5.82. The Hall–Kier alpha value is -4.34. The van der Waals surface area contributed by atoms with Gasteiger partial charge in [0.25, 0.3) is 16.7 Å². The van der Waals surface area contributed by atoms with Crippen LogP contribution in [0.15, 0.2) is 51.0 Å². The number of fused-ring (bicyclic) bond motifs is 3. The van der Waals surface area contributed by atoms with Crippen LogP contribution in [0.5, 0.6) is 0 Å².